The molecule has 3 rings (SSSR count). The molecule has 0 saturated heterocycles. The number of rotatable bonds is 7. The average Bonchev–Trinajstić information content (AvgIpc) is 2.77. The maximum Gasteiger partial charge on any atom is 0.336 e. The molecule has 2 atom stereocenters. The predicted octanol–water partition coefficient (Wildman–Crippen LogP) is 4.03. The second-order valence-corrected chi connectivity index (χ2v) is 8.07. The number of hydrogen-bond acceptors (Lipinski definition) is 4. The zero-order chi connectivity index (χ0) is 23.3. The van der Waals surface area contributed by atoms with E-state index in [4.69, 9.17) is 4.74 Å². The number of benzene rings is 2. The molecule has 2 amide bonds. The topological polar surface area (TPSA) is 75.7 Å². The van der Waals surface area contributed by atoms with Crippen LogP contribution >= 0.6 is 0 Å². The number of carbonyl (C=O) groups excluding carboxylic acids is 3. The van der Waals surface area contributed by atoms with Gasteiger partial charge in [0.05, 0.1) is 18.2 Å². The molecule has 2 aromatic carbocycles. The molecule has 0 spiro atoms. The molecule has 6 nitrogen and oxygen atoms in total. The summed E-state index contributed by atoms with van der Waals surface area (Å²) in [7, 11) is 0. The van der Waals surface area contributed by atoms with Gasteiger partial charge in [0.15, 0.2) is 0 Å². The number of nitrogens with one attached hydrogen (secondary N) is 1. The zero-order valence-electron chi connectivity index (χ0n) is 19.1. The maximum atomic E-state index is 13.1. The van der Waals surface area contributed by atoms with Gasteiger partial charge in [0.1, 0.15) is 6.54 Å². The van der Waals surface area contributed by atoms with E-state index in [2.05, 4.69) is 5.32 Å². The van der Waals surface area contributed by atoms with Crippen molar-refractivity contribution in [1.29, 1.82) is 0 Å². The van der Waals surface area contributed by atoms with Crippen LogP contribution in [0.15, 0.2) is 65.9 Å². The lowest BCUT2D eigenvalue weighted by Gasteiger charge is -2.34. The fourth-order valence-electron chi connectivity index (χ4n) is 4.10. The molecule has 2 aromatic rings. The standard InChI is InChI=1S/C26H30N2O4/c1-5-32-26(31)25-19(4)28(16-23(29)27-18(3)20-11-7-6-8-12-20)24(30)15-22(25)21-13-9-10-17(2)14-21/h6-14,18,22H,5,15-16H2,1-4H3,(H,27,29). The third-order valence-corrected chi connectivity index (χ3v) is 5.74. The van der Waals surface area contributed by atoms with Crippen LogP contribution in [0.3, 0.4) is 0 Å². The molecule has 0 bridgehead atoms. The van der Waals surface area contributed by atoms with E-state index in [0.717, 1.165) is 16.7 Å². The summed E-state index contributed by atoms with van der Waals surface area (Å²) in [5.74, 6) is -1.33. The van der Waals surface area contributed by atoms with Crippen LogP contribution in [0.2, 0.25) is 0 Å². The van der Waals surface area contributed by atoms with E-state index in [1.807, 2.05) is 68.4 Å². The number of allylic oxidation sites excluding steroid dienone is 1. The molecule has 1 aliphatic heterocycles. The van der Waals surface area contributed by atoms with E-state index >= 15 is 0 Å². The van der Waals surface area contributed by atoms with Gasteiger partial charge in [-0.15, -0.1) is 0 Å². The van der Waals surface area contributed by atoms with Gasteiger partial charge in [-0.25, -0.2) is 4.79 Å². The molecule has 0 aliphatic carbocycles. The van der Waals surface area contributed by atoms with Gasteiger partial charge in [0.2, 0.25) is 11.8 Å². The molecular formula is C26H30N2O4. The first-order chi connectivity index (χ1) is 15.3. The molecule has 1 heterocycles. The highest BCUT2D eigenvalue weighted by atomic mass is 16.5. The van der Waals surface area contributed by atoms with Crippen molar-refractivity contribution in [1.82, 2.24) is 10.2 Å². The second-order valence-electron chi connectivity index (χ2n) is 8.07. The van der Waals surface area contributed by atoms with Crippen LogP contribution in [0.5, 0.6) is 0 Å². The molecule has 6 heteroatoms. The number of hydrogen-bond donors (Lipinski definition) is 1. The lowest BCUT2D eigenvalue weighted by atomic mass is 9.83. The number of aryl methyl sites for hydroxylation is 1. The third-order valence-electron chi connectivity index (χ3n) is 5.74. The third kappa shape index (κ3) is 5.25. The Balaban J connectivity index is 1.86. The molecule has 0 fully saturated rings. The van der Waals surface area contributed by atoms with Gasteiger partial charge in [0.25, 0.3) is 0 Å². The number of carbonyl (C=O) groups is 3. The van der Waals surface area contributed by atoms with Crippen molar-refractivity contribution in [2.75, 3.05) is 13.2 Å². The number of amides is 2. The fraction of sp³-hybridized carbons (Fsp3) is 0.346. The lowest BCUT2D eigenvalue weighted by molar-refractivity contribution is -0.141. The number of ether oxygens (including phenoxy) is 1. The minimum absolute atomic E-state index is 0.108. The van der Waals surface area contributed by atoms with Crippen molar-refractivity contribution in [2.24, 2.45) is 0 Å². The van der Waals surface area contributed by atoms with Crippen molar-refractivity contribution in [3.63, 3.8) is 0 Å². The van der Waals surface area contributed by atoms with E-state index < -0.39 is 11.9 Å². The largest absolute Gasteiger partial charge is 0.463 e. The van der Waals surface area contributed by atoms with E-state index in [0.29, 0.717) is 11.3 Å². The zero-order valence-corrected chi connectivity index (χ0v) is 19.1. The van der Waals surface area contributed by atoms with Crippen LogP contribution in [-0.4, -0.2) is 35.8 Å². The summed E-state index contributed by atoms with van der Waals surface area (Å²) < 4.78 is 5.31. The highest BCUT2D eigenvalue weighted by Crippen LogP contribution is 2.37. The predicted molar refractivity (Wildman–Crippen MR) is 123 cm³/mol. The fourth-order valence-corrected chi connectivity index (χ4v) is 4.10. The Morgan fingerprint density at radius 2 is 1.84 bits per heavy atom. The van der Waals surface area contributed by atoms with Crippen LogP contribution in [0, 0.1) is 6.92 Å². The second kappa shape index (κ2) is 10.3. The maximum absolute atomic E-state index is 13.1. The Morgan fingerprint density at radius 1 is 1.12 bits per heavy atom. The van der Waals surface area contributed by atoms with E-state index in [-0.39, 0.29) is 37.4 Å². The number of esters is 1. The molecule has 0 aromatic heterocycles. The summed E-state index contributed by atoms with van der Waals surface area (Å²) in [6, 6.07) is 17.2. The quantitative estimate of drug-likeness (QED) is 0.668. The first-order valence-electron chi connectivity index (χ1n) is 10.9. The van der Waals surface area contributed by atoms with Crippen molar-refractivity contribution in [2.45, 2.75) is 46.1 Å². The van der Waals surface area contributed by atoms with Gasteiger partial charge < -0.3 is 15.0 Å². The molecule has 1 aliphatic rings. The summed E-state index contributed by atoms with van der Waals surface area (Å²) >= 11 is 0. The Hall–Kier alpha value is -3.41. The molecule has 0 saturated carbocycles. The minimum Gasteiger partial charge on any atom is -0.463 e. The monoisotopic (exact) mass is 434 g/mol. The van der Waals surface area contributed by atoms with E-state index in [1.54, 1.807) is 13.8 Å². The highest BCUT2D eigenvalue weighted by Gasteiger charge is 2.37. The molecule has 168 valence electrons. The Bertz CT molecular complexity index is 1030. The highest BCUT2D eigenvalue weighted by molar-refractivity contribution is 5.97. The minimum atomic E-state index is -0.452. The summed E-state index contributed by atoms with van der Waals surface area (Å²) in [4.78, 5) is 40.0. The molecule has 0 radical (unpaired) electrons. The van der Waals surface area contributed by atoms with Crippen molar-refractivity contribution >= 4 is 17.8 Å². The van der Waals surface area contributed by atoms with Crippen LogP contribution in [-0.2, 0) is 19.1 Å². The first-order valence-corrected chi connectivity index (χ1v) is 10.9. The summed E-state index contributed by atoms with van der Waals surface area (Å²) in [6.07, 6.45) is 0.108. The van der Waals surface area contributed by atoms with Crippen LogP contribution in [0.4, 0.5) is 0 Å². The molecule has 2 unspecified atom stereocenters. The van der Waals surface area contributed by atoms with Crippen molar-refractivity contribution < 1.29 is 19.1 Å². The van der Waals surface area contributed by atoms with Gasteiger partial charge >= 0.3 is 5.97 Å². The summed E-state index contributed by atoms with van der Waals surface area (Å²) in [6.45, 7) is 7.41. The van der Waals surface area contributed by atoms with Gasteiger partial charge in [0, 0.05) is 18.0 Å². The van der Waals surface area contributed by atoms with E-state index in [9.17, 15) is 14.4 Å². The SMILES string of the molecule is CCOC(=O)C1=C(C)N(CC(=O)NC(C)c2ccccc2)C(=O)CC1c1cccc(C)c1. The molecular weight excluding hydrogens is 404 g/mol. The van der Waals surface area contributed by atoms with Crippen LogP contribution in [0.1, 0.15) is 55.8 Å². The van der Waals surface area contributed by atoms with Gasteiger partial charge in [-0.2, -0.15) is 0 Å². The van der Waals surface area contributed by atoms with Gasteiger partial charge in [-0.05, 0) is 38.8 Å². The summed E-state index contributed by atoms with van der Waals surface area (Å²) in [5.41, 5.74) is 3.81. The van der Waals surface area contributed by atoms with E-state index in [1.165, 1.54) is 4.90 Å². The Kier molecular flexibility index (Phi) is 7.46. The van der Waals surface area contributed by atoms with Gasteiger partial charge in [-0.3, -0.25) is 9.59 Å². The van der Waals surface area contributed by atoms with Crippen molar-refractivity contribution in [3.05, 3.63) is 82.6 Å². The van der Waals surface area contributed by atoms with Gasteiger partial charge in [-0.1, -0.05) is 60.2 Å². The molecule has 32 heavy (non-hydrogen) atoms. The van der Waals surface area contributed by atoms with Crippen molar-refractivity contribution in [3.8, 4) is 0 Å². The van der Waals surface area contributed by atoms with Crippen LogP contribution in [0.25, 0.3) is 0 Å². The Morgan fingerprint density at radius 3 is 2.50 bits per heavy atom. The first kappa shape index (κ1) is 23.3. The van der Waals surface area contributed by atoms with Crippen LogP contribution < -0.4 is 5.32 Å². The average molecular weight is 435 g/mol. The lowest BCUT2D eigenvalue weighted by Crippen LogP contribution is -2.44. The number of nitrogens with zero attached hydrogens (tertiary/aromatic N) is 1. The Labute approximate surface area is 189 Å². The smallest absolute Gasteiger partial charge is 0.336 e. The molecule has 1 N–H and O–H groups in total. The summed E-state index contributed by atoms with van der Waals surface area (Å²) in [5, 5.41) is 2.93. The normalized spacial score (nSPS) is 17.2.